The fraction of sp³-hybridized carbons (Fsp3) is 0.263. The van der Waals surface area contributed by atoms with E-state index in [9.17, 15) is 9.59 Å². The topological polar surface area (TPSA) is 46.6 Å². The molecule has 0 unspecified atom stereocenters. The minimum atomic E-state index is -0.263. The number of nitrogens with zero attached hydrogens (tertiary/aromatic N) is 1. The Kier molecular flexibility index (Phi) is 5.30. The second kappa shape index (κ2) is 7.45. The van der Waals surface area contributed by atoms with Crippen molar-refractivity contribution < 1.29 is 14.3 Å². The van der Waals surface area contributed by atoms with Crippen LogP contribution in [0.4, 0.5) is 5.69 Å². The summed E-state index contributed by atoms with van der Waals surface area (Å²) in [4.78, 5) is 28.5. The van der Waals surface area contributed by atoms with Gasteiger partial charge in [0, 0.05) is 4.88 Å². The summed E-state index contributed by atoms with van der Waals surface area (Å²) >= 11 is 2.89. The third-order valence-corrected chi connectivity index (χ3v) is 5.41. The predicted molar refractivity (Wildman–Crippen MR) is 104 cm³/mol. The zero-order valence-corrected chi connectivity index (χ0v) is 15.9. The Bertz CT molecular complexity index is 808. The summed E-state index contributed by atoms with van der Waals surface area (Å²) < 4.78 is 5.62. The number of hydrogen-bond acceptors (Lipinski definition) is 5. The summed E-state index contributed by atoms with van der Waals surface area (Å²) in [6.45, 7) is 5.88. The van der Waals surface area contributed by atoms with Crippen molar-refractivity contribution in [2.45, 2.75) is 26.9 Å². The van der Waals surface area contributed by atoms with Gasteiger partial charge in [0.2, 0.25) is 0 Å². The monoisotopic (exact) mass is 373 g/mol. The molecule has 1 aliphatic heterocycles. The first-order chi connectivity index (χ1) is 12.0. The van der Waals surface area contributed by atoms with Gasteiger partial charge >= 0.3 is 0 Å². The van der Waals surface area contributed by atoms with Gasteiger partial charge in [-0.15, -0.1) is 23.1 Å². The molecule has 3 rings (SSSR count). The van der Waals surface area contributed by atoms with Gasteiger partial charge in [-0.25, -0.2) is 4.90 Å². The number of thioether (sulfide) groups is 1. The molecule has 6 heteroatoms. The number of hydrogen-bond donors (Lipinski definition) is 0. The molecule has 1 aromatic heterocycles. The van der Waals surface area contributed by atoms with E-state index in [1.165, 1.54) is 28.0 Å². The van der Waals surface area contributed by atoms with E-state index >= 15 is 0 Å². The zero-order valence-electron chi connectivity index (χ0n) is 14.3. The minimum absolute atomic E-state index is 0.0700. The number of carbonyl (C=O) groups is 2. The van der Waals surface area contributed by atoms with Crippen molar-refractivity contribution in [3.05, 3.63) is 51.6 Å². The van der Waals surface area contributed by atoms with Gasteiger partial charge in [-0.1, -0.05) is 13.0 Å². The third kappa shape index (κ3) is 3.50. The Morgan fingerprint density at radius 1 is 1.12 bits per heavy atom. The van der Waals surface area contributed by atoms with Crippen molar-refractivity contribution in [1.29, 1.82) is 0 Å². The van der Waals surface area contributed by atoms with E-state index in [4.69, 9.17) is 4.74 Å². The number of ether oxygens (including phenoxy) is 1. The van der Waals surface area contributed by atoms with Crippen molar-refractivity contribution in [1.82, 2.24) is 0 Å². The molecular formula is C19H19NO3S2. The van der Waals surface area contributed by atoms with Gasteiger partial charge in [-0.05, 0) is 55.3 Å². The number of benzene rings is 1. The molecule has 2 amide bonds. The van der Waals surface area contributed by atoms with E-state index in [1.54, 1.807) is 24.3 Å². The molecule has 25 heavy (non-hydrogen) atoms. The Balaban J connectivity index is 1.94. The average Bonchev–Trinajstić information content (AvgIpc) is 3.16. The fourth-order valence-corrected chi connectivity index (χ4v) is 4.28. The van der Waals surface area contributed by atoms with Crippen LogP contribution in [-0.2, 0) is 9.59 Å². The van der Waals surface area contributed by atoms with Gasteiger partial charge in [-0.3, -0.25) is 9.59 Å². The normalized spacial score (nSPS) is 14.8. The molecule has 0 spiro atoms. The lowest BCUT2D eigenvalue weighted by atomic mass is 10.2. The number of anilines is 1. The summed E-state index contributed by atoms with van der Waals surface area (Å²) in [5.41, 5.74) is 1.07. The average molecular weight is 373 g/mol. The lowest BCUT2D eigenvalue weighted by Gasteiger charge is -2.16. The summed E-state index contributed by atoms with van der Waals surface area (Å²) in [5, 5.41) is 1.91. The van der Waals surface area contributed by atoms with E-state index in [0.29, 0.717) is 21.9 Å². The number of carbonyl (C=O) groups excluding carboxylic acids is 2. The van der Waals surface area contributed by atoms with E-state index in [2.05, 4.69) is 0 Å². The van der Waals surface area contributed by atoms with Crippen LogP contribution in [0.25, 0.3) is 5.57 Å². The highest BCUT2D eigenvalue weighted by Gasteiger charge is 2.40. The minimum Gasteiger partial charge on any atom is -0.491 e. The summed E-state index contributed by atoms with van der Waals surface area (Å²) in [6.07, 6.45) is 0.0700. The fourth-order valence-electron chi connectivity index (χ4n) is 2.61. The van der Waals surface area contributed by atoms with E-state index in [1.807, 2.05) is 38.3 Å². The van der Waals surface area contributed by atoms with Crippen LogP contribution >= 0.6 is 23.1 Å². The molecular weight excluding hydrogens is 354 g/mol. The van der Waals surface area contributed by atoms with Gasteiger partial charge in [0.15, 0.2) is 0 Å². The molecule has 1 aromatic carbocycles. The second-order valence-corrected chi connectivity index (χ2v) is 7.94. The number of rotatable bonds is 6. The van der Waals surface area contributed by atoms with Gasteiger partial charge in [-0.2, -0.15) is 0 Å². The standard InChI is InChI=1S/C19H19NO3S2/c1-4-24-17-16(15-6-5-11-25-15)18(21)20(19(17)22)13-7-9-14(10-8-13)23-12(2)3/h5-12H,4H2,1-3H3. The van der Waals surface area contributed by atoms with E-state index < -0.39 is 0 Å². The van der Waals surface area contributed by atoms with E-state index in [0.717, 1.165) is 10.6 Å². The maximum absolute atomic E-state index is 13.0. The molecule has 130 valence electrons. The van der Waals surface area contributed by atoms with Gasteiger partial charge in [0.1, 0.15) is 5.75 Å². The number of imide groups is 1. The lowest BCUT2D eigenvalue weighted by Crippen LogP contribution is -2.31. The first-order valence-corrected chi connectivity index (χ1v) is 9.96. The van der Waals surface area contributed by atoms with Crippen LogP contribution in [0.3, 0.4) is 0 Å². The van der Waals surface area contributed by atoms with Crippen molar-refractivity contribution in [2.75, 3.05) is 10.7 Å². The third-order valence-electron chi connectivity index (χ3n) is 3.56. The molecule has 0 bridgehead atoms. The van der Waals surface area contributed by atoms with Crippen LogP contribution in [0.5, 0.6) is 5.75 Å². The van der Waals surface area contributed by atoms with Gasteiger partial charge in [0.25, 0.3) is 11.8 Å². The largest absolute Gasteiger partial charge is 0.491 e. The maximum Gasteiger partial charge on any atom is 0.272 e. The van der Waals surface area contributed by atoms with Crippen LogP contribution < -0.4 is 9.64 Å². The highest BCUT2D eigenvalue weighted by Crippen LogP contribution is 2.39. The smallest absolute Gasteiger partial charge is 0.272 e. The SMILES string of the molecule is CCSC1=C(c2cccs2)C(=O)N(c2ccc(OC(C)C)cc2)C1=O. The molecule has 1 aliphatic rings. The zero-order chi connectivity index (χ0) is 18.0. The highest BCUT2D eigenvalue weighted by atomic mass is 32.2. The first-order valence-electron chi connectivity index (χ1n) is 8.09. The van der Waals surface area contributed by atoms with Crippen LogP contribution in [-0.4, -0.2) is 23.7 Å². The highest BCUT2D eigenvalue weighted by molar-refractivity contribution is 8.04. The molecule has 2 heterocycles. The molecule has 0 saturated heterocycles. The second-order valence-electron chi connectivity index (χ2n) is 5.72. The summed E-state index contributed by atoms with van der Waals surface area (Å²) in [7, 11) is 0. The molecule has 0 atom stereocenters. The number of thiophene rings is 1. The van der Waals surface area contributed by atoms with Crippen LogP contribution in [0.15, 0.2) is 46.7 Å². The van der Waals surface area contributed by atoms with Crippen LogP contribution in [0, 0.1) is 0 Å². The Hall–Kier alpha value is -2.05. The lowest BCUT2D eigenvalue weighted by molar-refractivity contribution is -0.119. The molecule has 0 N–H and O–H groups in total. The predicted octanol–water partition coefficient (Wildman–Crippen LogP) is 4.57. The quantitative estimate of drug-likeness (QED) is 0.696. The Labute approximate surface area is 155 Å². The molecule has 0 aliphatic carbocycles. The number of amides is 2. The molecule has 4 nitrogen and oxygen atoms in total. The molecule has 0 saturated carbocycles. The molecule has 0 fully saturated rings. The van der Waals surface area contributed by atoms with Crippen LogP contribution in [0.1, 0.15) is 25.6 Å². The maximum atomic E-state index is 13.0. The van der Waals surface area contributed by atoms with Crippen LogP contribution in [0.2, 0.25) is 0 Å². The van der Waals surface area contributed by atoms with Crippen molar-refractivity contribution in [3.63, 3.8) is 0 Å². The molecule has 2 aromatic rings. The summed E-state index contributed by atoms with van der Waals surface area (Å²) in [6, 6.07) is 10.8. The van der Waals surface area contributed by atoms with Crippen molar-refractivity contribution >= 4 is 46.2 Å². The van der Waals surface area contributed by atoms with Crippen molar-refractivity contribution in [2.24, 2.45) is 0 Å². The summed E-state index contributed by atoms with van der Waals surface area (Å²) in [5.74, 6) is 0.934. The Morgan fingerprint density at radius 2 is 1.84 bits per heavy atom. The van der Waals surface area contributed by atoms with Gasteiger partial charge < -0.3 is 4.74 Å². The van der Waals surface area contributed by atoms with Gasteiger partial charge in [0.05, 0.1) is 22.3 Å². The Morgan fingerprint density at radius 3 is 2.40 bits per heavy atom. The van der Waals surface area contributed by atoms with Crippen molar-refractivity contribution in [3.8, 4) is 5.75 Å². The van der Waals surface area contributed by atoms with E-state index in [-0.39, 0.29) is 17.9 Å². The first kappa shape index (κ1) is 17.8. The molecule has 0 radical (unpaired) electrons.